The fourth-order valence-electron chi connectivity index (χ4n) is 2.40. The Hall–Kier alpha value is -0.0800. The van der Waals surface area contributed by atoms with E-state index < -0.39 is 5.60 Å². The van der Waals surface area contributed by atoms with E-state index in [1.54, 1.807) is 0 Å². The lowest BCUT2D eigenvalue weighted by Gasteiger charge is -2.41. The van der Waals surface area contributed by atoms with Crippen LogP contribution in [0.2, 0.25) is 0 Å². The second-order valence-electron chi connectivity index (χ2n) is 4.36. The zero-order chi connectivity index (χ0) is 9.19. The van der Waals surface area contributed by atoms with Crippen molar-refractivity contribution in [1.82, 2.24) is 0 Å². The molecular weight excluding hydrogens is 152 g/mol. The molecule has 0 spiro atoms. The topological polar surface area (TPSA) is 40.5 Å². The largest absolute Gasteiger partial charge is 0.393 e. The Morgan fingerprint density at radius 1 is 1.42 bits per heavy atom. The highest BCUT2D eigenvalue weighted by atomic mass is 16.3. The van der Waals surface area contributed by atoms with Crippen molar-refractivity contribution in [2.24, 2.45) is 11.8 Å². The molecule has 1 aliphatic rings. The van der Waals surface area contributed by atoms with Crippen molar-refractivity contribution in [3.8, 4) is 0 Å². The molecule has 0 bridgehead atoms. The average molecular weight is 172 g/mol. The molecule has 1 aliphatic carbocycles. The van der Waals surface area contributed by atoms with Gasteiger partial charge < -0.3 is 10.2 Å². The van der Waals surface area contributed by atoms with E-state index in [4.69, 9.17) is 5.11 Å². The van der Waals surface area contributed by atoms with Crippen molar-refractivity contribution in [3.05, 3.63) is 0 Å². The maximum absolute atomic E-state index is 10.1. The first-order valence-corrected chi connectivity index (χ1v) is 4.93. The number of aliphatic hydroxyl groups is 2. The van der Waals surface area contributed by atoms with Crippen molar-refractivity contribution in [1.29, 1.82) is 0 Å². The van der Waals surface area contributed by atoms with Gasteiger partial charge in [0.05, 0.1) is 12.2 Å². The first-order chi connectivity index (χ1) is 5.60. The maximum atomic E-state index is 10.1. The molecule has 1 saturated carbocycles. The predicted octanol–water partition coefficient (Wildman–Crippen LogP) is 1.56. The Kier molecular flexibility index (Phi) is 3.13. The summed E-state index contributed by atoms with van der Waals surface area (Å²) in [4.78, 5) is 0. The highest BCUT2D eigenvalue weighted by Gasteiger charge is 2.39. The second-order valence-corrected chi connectivity index (χ2v) is 4.36. The molecule has 0 amide bonds. The molecule has 0 aromatic heterocycles. The van der Waals surface area contributed by atoms with Crippen LogP contribution in [0.5, 0.6) is 0 Å². The second kappa shape index (κ2) is 3.75. The van der Waals surface area contributed by atoms with E-state index >= 15 is 0 Å². The van der Waals surface area contributed by atoms with Crippen LogP contribution in [0.1, 0.15) is 39.5 Å². The zero-order valence-electron chi connectivity index (χ0n) is 8.08. The first kappa shape index (κ1) is 10.0. The van der Waals surface area contributed by atoms with E-state index in [1.807, 2.05) is 0 Å². The quantitative estimate of drug-likeness (QED) is 0.663. The lowest BCUT2D eigenvalue weighted by Crippen LogP contribution is -2.46. The number of aliphatic hydroxyl groups excluding tert-OH is 1. The van der Waals surface area contributed by atoms with E-state index in [1.165, 1.54) is 6.42 Å². The average Bonchev–Trinajstić information content (AvgIpc) is 2.05. The lowest BCUT2D eigenvalue weighted by molar-refractivity contribution is -0.0994. The molecule has 0 unspecified atom stereocenters. The summed E-state index contributed by atoms with van der Waals surface area (Å²) in [5.41, 5.74) is -0.785. The number of hydrogen-bond acceptors (Lipinski definition) is 2. The highest BCUT2D eigenvalue weighted by Crippen LogP contribution is 2.37. The smallest absolute Gasteiger partial charge is 0.0907 e. The standard InChI is InChI=1S/C10H20O2/c1-8(2)9-5-3-4-6-10(9,12)7-11/h8-9,11-12H,3-7H2,1-2H3/t9-,10-/m1/s1. The molecule has 72 valence electrons. The maximum Gasteiger partial charge on any atom is 0.0907 e. The Morgan fingerprint density at radius 2 is 2.08 bits per heavy atom. The Labute approximate surface area is 74.6 Å². The molecule has 2 N–H and O–H groups in total. The summed E-state index contributed by atoms with van der Waals surface area (Å²) in [6, 6.07) is 0. The van der Waals surface area contributed by atoms with Gasteiger partial charge in [0.2, 0.25) is 0 Å². The van der Waals surface area contributed by atoms with Crippen LogP contribution >= 0.6 is 0 Å². The summed E-state index contributed by atoms with van der Waals surface area (Å²) in [5.74, 6) is 0.763. The molecule has 2 nitrogen and oxygen atoms in total. The third-order valence-corrected chi connectivity index (χ3v) is 3.14. The van der Waals surface area contributed by atoms with Gasteiger partial charge in [-0.15, -0.1) is 0 Å². The van der Waals surface area contributed by atoms with Crippen molar-refractivity contribution in [2.75, 3.05) is 6.61 Å². The molecule has 0 heterocycles. The van der Waals surface area contributed by atoms with Gasteiger partial charge in [0.15, 0.2) is 0 Å². The predicted molar refractivity (Wildman–Crippen MR) is 48.8 cm³/mol. The van der Waals surface area contributed by atoms with E-state index in [2.05, 4.69) is 13.8 Å². The van der Waals surface area contributed by atoms with Crippen LogP contribution < -0.4 is 0 Å². The van der Waals surface area contributed by atoms with Gasteiger partial charge in [-0.25, -0.2) is 0 Å². The van der Waals surface area contributed by atoms with Crippen LogP contribution in [0.25, 0.3) is 0 Å². The van der Waals surface area contributed by atoms with Gasteiger partial charge in [0.25, 0.3) is 0 Å². The monoisotopic (exact) mass is 172 g/mol. The highest BCUT2D eigenvalue weighted by molar-refractivity contribution is 4.90. The third-order valence-electron chi connectivity index (χ3n) is 3.14. The summed E-state index contributed by atoms with van der Waals surface area (Å²) < 4.78 is 0. The van der Waals surface area contributed by atoms with Crippen LogP contribution in [0.15, 0.2) is 0 Å². The SMILES string of the molecule is CC(C)[C@H]1CCCC[C@@]1(O)CO. The molecule has 2 heteroatoms. The third kappa shape index (κ3) is 1.80. The van der Waals surface area contributed by atoms with Gasteiger partial charge in [-0.3, -0.25) is 0 Å². The molecule has 0 aromatic rings. The van der Waals surface area contributed by atoms with Crippen molar-refractivity contribution >= 4 is 0 Å². The van der Waals surface area contributed by atoms with E-state index in [0.717, 1.165) is 19.3 Å². The van der Waals surface area contributed by atoms with Gasteiger partial charge in [0.1, 0.15) is 0 Å². The normalized spacial score (nSPS) is 37.2. The van der Waals surface area contributed by atoms with E-state index in [0.29, 0.717) is 5.92 Å². The van der Waals surface area contributed by atoms with Gasteiger partial charge in [-0.05, 0) is 24.7 Å². The molecule has 0 saturated heterocycles. The molecule has 1 rings (SSSR count). The van der Waals surface area contributed by atoms with Gasteiger partial charge in [0, 0.05) is 0 Å². The van der Waals surface area contributed by atoms with Crippen LogP contribution in [0.3, 0.4) is 0 Å². The summed E-state index contributed by atoms with van der Waals surface area (Å²) >= 11 is 0. The Morgan fingerprint density at radius 3 is 2.50 bits per heavy atom. The summed E-state index contributed by atoms with van der Waals surface area (Å²) in [7, 11) is 0. The molecule has 0 aliphatic heterocycles. The molecule has 0 radical (unpaired) electrons. The van der Waals surface area contributed by atoms with Gasteiger partial charge in [-0.1, -0.05) is 26.7 Å². The number of rotatable bonds is 2. The van der Waals surface area contributed by atoms with Crippen molar-refractivity contribution in [2.45, 2.75) is 45.1 Å². The molecular formula is C10H20O2. The van der Waals surface area contributed by atoms with E-state index in [9.17, 15) is 5.11 Å². The Balaban J connectivity index is 2.66. The molecule has 2 atom stereocenters. The zero-order valence-corrected chi connectivity index (χ0v) is 8.08. The number of hydrogen-bond donors (Lipinski definition) is 2. The fourth-order valence-corrected chi connectivity index (χ4v) is 2.40. The minimum absolute atomic E-state index is 0.0736. The van der Waals surface area contributed by atoms with Crippen LogP contribution in [-0.2, 0) is 0 Å². The van der Waals surface area contributed by atoms with Gasteiger partial charge in [-0.2, -0.15) is 0 Å². The van der Waals surface area contributed by atoms with Crippen LogP contribution in [0.4, 0.5) is 0 Å². The van der Waals surface area contributed by atoms with Crippen molar-refractivity contribution < 1.29 is 10.2 Å². The summed E-state index contributed by atoms with van der Waals surface area (Å²) in [6.07, 6.45) is 4.09. The Bertz CT molecular complexity index is 145. The first-order valence-electron chi connectivity index (χ1n) is 4.93. The summed E-state index contributed by atoms with van der Waals surface area (Å²) in [5, 5.41) is 19.2. The minimum Gasteiger partial charge on any atom is -0.393 e. The van der Waals surface area contributed by atoms with Crippen molar-refractivity contribution in [3.63, 3.8) is 0 Å². The lowest BCUT2D eigenvalue weighted by atomic mass is 9.70. The minimum atomic E-state index is -0.785. The molecule has 12 heavy (non-hydrogen) atoms. The fraction of sp³-hybridized carbons (Fsp3) is 1.00. The van der Waals surface area contributed by atoms with Crippen LogP contribution in [-0.4, -0.2) is 22.4 Å². The van der Waals surface area contributed by atoms with E-state index in [-0.39, 0.29) is 12.5 Å². The molecule has 0 aromatic carbocycles. The van der Waals surface area contributed by atoms with Crippen LogP contribution in [0, 0.1) is 11.8 Å². The molecule has 1 fully saturated rings. The summed E-state index contributed by atoms with van der Waals surface area (Å²) in [6.45, 7) is 4.17. The van der Waals surface area contributed by atoms with Gasteiger partial charge >= 0.3 is 0 Å².